The third kappa shape index (κ3) is 2.82. The van der Waals surface area contributed by atoms with Gasteiger partial charge in [0.25, 0.3) is 5.91 Å². The summed E-state index contributed by atoms with van der Waals surface area (Å²) in [5.41, 5.74) is 3.72. The molecule has 0 N–H and O–H groups in total. The second-order valence-electron chi connectivity index (χ2n) is 7.03. The van der Waals surface area contributed by atoms with Gasteiger partial charge in [0.2, 0.25) is 0 Å². The van der Waals surface area contributed by atoms with Crippen LogP contribution in [-0.4, -0.2) is 33.4 Å². The average molecular weight is 333 g/mol. The lowest BCUT2D eigenvalue weighted by Crippen LogP contribution is -2.38. The Morgan fingerprint density at radius 2 is 1.84 bits per heavy atom. The first kappa shape index (κ1) is 15.9. The van der Waals surface area contributed by atoms with Gasteiger partial charge in [-0.2, -0.15) is 0 Å². The molecular weight excluding hydrogens is 310 g/mol. The smallest absolute Gasteiger partial charge is 0.255 e. The van der Waals surface area contributed by atoms with Crippen LogP contribution in [0.2, 0.25) is 0 Å². The van der Waals surface area contributed by atoms with Crippen LogP contribution in [0.1, 0.15) is 35.7 Å². The number of carbonyl (C=O) groups is 1. The molecule has 1 aromatic carbocycles. The molecule has 0 saturated carbocycles. The maximum Gasteiger partial charge on any atom is 0.255 e. The number of hydrogen-bond acceptors (Lipinski definition) is 2. The highest BCUT2D eigenvalue weighted by atomic mass is 16.2. The molecule has 4 rings (SSSR count). The zero-order valence-electron chi connectivity index (χ0n) is 14.8. The number of carbonyl (C=O) groups excluding carboxylic acids is 1. The van der Waals surface area contributed by atoms with Crippen molar-refractivity contribution in [1.29, 1.82) is 0 Å². The van der Waals surface area contributed by atoms with E-state index in [0.29, 0.717) is 5.92 Å². The molecule has 0 aliphatic carbocycles. The summed E-state index contributed by atoms with van der Waals surface area (Å²) < 4.78 is 2.07. The summed E-state index contributed by atoms with van der Waals surface area (Å²) in [5, 5.41) is 1.04. The van der Waals surface area contributed by atoms with Crippen LogP contribution in [0, 0.1) is 12.8 Å². The van der Waals surface area contributed by atoms with Crippen molar-refractivity contribution in [3.63, 3.8) is 0 Å². The van der Waals surface area contributed by atoms with Crippen LogP contribution >= 0.6 is 0 Å². The molecule has 1 aliphatic heterocycles. The summed E-state index contributed by atoms with van der Waals surface area (Å²) in [6, 6.07) is 12.2. The molecule has 4 heteroatoms. The maximum absolute atomic E-state index is 12.9. The Balaban J connectivity index is 1.71. The summed E-state index contributed by atoms with van der Waals surface area (Å²) >= 11 is 0. The van der Waals surface area contributed by atoms with Crippen LogP contribution in [0.3, 0.4) is 0 Å². The van der Waals surface area contributed by atoms with Crippen molar-refractivity contribution in [3.05, 3.63) is 59.9 Å². The minimum absolute atomic E-state index is 0.117. The SMILES string of the molecule is Cc1c(C(=O)N2CCC(C)CC2)cnc2c1ccn2-c1ccccc1. The number of amides is 1. The Morgan fingerprint density at radius 1 is 1.12 bits per heavy atom. The van der Waals surface area contributed by atoms with Gasteiger partial charge in [-0.25, -0.2) is 4.98 Å². The third-order valence-corrected chi connectivity index (χ3v) is 5.32. The monoisotopic (exact) mass is 333 g/mol. The molecule has 1 saturated heterocycles. The fourth-order valence-corrected chi connectivity index (χ4v) is 3.61. The summed E-state index contributed by atoms with van der Waals surface area (Å²) in [5.74, 6) is 0.830. The van der Waals surface area contributed by atoms with Crippen LogP contribution in [0.25, 0.3) is 16.7 Å². The Kier molecular flexibility index (Phi) is 4.04. The van der Waals surface area contributed by atoms with Crippen LogP contribution < -0.4 is 0 Å². The zero-order chi connectivity index (χ0) is 17.4. The van der Waals surface area contributed by atoms with Crippen molar-refractivity contribution in [2.24, 2.45) is 5.92 Å². The first-order valence-electron chi connectivity index (χ1n) is 8.96. The van der Waals surface area contributed by atoms with Gasteiger partial charge < -0.3 is 9.47 Å². The van der Waals surface area contributed by atoms with Crippen LogP contribution in [0.15, 0.2) is 48.8 Å². The molecular formula is C21H23N3O. The van der Waals surface area contributed by atoms with Gasteiger partial charge in [-0.3, -0.25) is 4.79 Å². The largest absolute Gasteiger partial charge is 0.339 e. The molecule has 3 aromatic rings. The number of likely N-dealkylation sites (tertiary alicyclic amines) is 1. The molecule has 1 fully saturated rings. The molecule has 4 nitrogen and oxygen atoms in total. The molecule has 0 atom stereocenters. The molecule has 1 amide bonds. The van der Waals surface area contributed by atoms with E-state index in [4.69, 9.17) is 0 Å². The number of nitrogens with zero attached hydrogens (tertiary/aromatic N) is 3. The Hall–Kier alpha value is -2.62. The molecule has 0 unspecified atom stereocenters. The average Bonchev–Trinajstić information content (AvgIpc) is 3.08. The van der Waals surface area contributed by atoms with Crippen molar-refractivity contribution in [2.45, 2.75) is 26.7 Å². The van der Waals surface area contributed by atoms with E-state index >= 15 is 0 Å². The van der Waals surface area contributed by atoms with E-state index in [0.717, 1.165) is 53.8 Å². The fraction of sp³-hybridized carbons (Fsp3) is 0.333. The lowest BCUT2D eigenvalue weighted by molar-refractivity contribution is 0.0696. The Morgan fingerprint density at radius 3 is 2.56 bits per heavy atom. The van der Waals surface area contributed by atoms with Crippen molar-refractivity contribution in [3.8, 4) is 5.69 Å². The van der Waals surface area contributed by atoms with Crippen molar-refractivity contribution < 1.29 is 4.79 Å². The summed E-state index contributed by atoms with van der Waals surface area (Å²) in [6.45, 7) is 5.98. The van der Waals surface area contributed by atoms with Gasteiger partial charge in [0.15, 0.2) is 0 Å². The number of aromatic nitrogens is 2. The molecule has 25 heavy (non-hydrogen) atoms. The number of fused-ring (bicyclic) bond motifs is 1. The number of hydrogen-bond donors (Lipinski definition) is 0. The van der Waals surface area contributed by atoms with E-state index in [1.54, 1.807) is 6.20 Å². The highest BCUT2D eigenvalue weighted by molar-refractivity contribution is 5.99. The van der Waals surface area contributed by atoms with Crippen LogP contribution in [0.4, 0.5) is 0 Å². The quantitative estimate of drug-likeness (QED) is 0.705. The van der Waals surface area contributed by atoms with E-state index in [9.17, 15) is 4.79 Å². The molecule has 0 bridgehead atoms. The molecule has 0 radical (unpaired) electrons. The minimum Gasteiger partial charge on any atom is -0.339 e. The van der Waals surface area contributed by atoms with E-state index < -0.39 is 0 Å². The zero-order valence-corrected chi connectivity index (χ0v) is 14.8. The summed E-state index contributed by atoms with van der Waals surface area (Å²) in [6.07, 6.45) is 5.95. The standard InChI is InChI=1S/C21H23N3O/c1-15-8-11-23(12-9-15)21(25)19-14-22-20-18(16(19)2)10-13-24(20)17-6-4-3-5-7-17/h3-7,10,13-15H,8-9,11-12H2,1-2H3. The fourth-order valence-electron chi connectivity index (χ4n) is 3.61. The van der Waals surface area contributed by atoms with Crippen molar-refractivity contribution in [1.82, 2.24) is 14.5 Å². The number of pyridine rings is 1. The highest BCUT2D eigenvalue weighted by Gasteiger charge is 2.24. The third-order valence-electron chi connectivity index (χ3n) is 5.32. The van der Waals surface area contributed by atoms with Gasteiger partial charge in [-0.05, 0) is 49.4 Å². The Bertz CT molecular complexity index is 906. The number of benzene rings is 1. The van der Waals surface area contributed by atoms with Crippen LogP contribution in [0.5, 0.6) is 0 Å². The lowest BCUT2D eigenvalue weighted by atomic mass is 9.98. The van der Waals surface area contributed by atoms with E-state index in [1.807, 2.05) is 36.2 Å². The molecule has 128 valence electrons. The van der Waals surface area contributed by atoms with E-state index in [-0.39, 0.29) is 5.91 Å². The van der Waals surface area contributed by atoms with Gasteiger partial charge in [0, 0.05) is 36.6 Å². The van der Waals surface area contributed by atoms with Gasteiger partial charge in [0.05, 0.1) is 5.56 Å². The number of piperidine rings is 1. The van der Waals surface area contributed by atoms with Crippen LogP contribution in [-0.2, 0) is 0 Å². The van der Waals surface area contributed by atoms with Gasteiger partial charge in [0.1, 0.15) is 5.65 Å². The van der Waals surface area contributed by atoms with Gasteiger partial charge >= 0.3 is 0 Å². The number of aryl methyl sites for hydroxylation is 1. The van der Waals surface area contributed by atoms with Crippen molar-refractivity contribution in [2.75, 3.05) is 13.1 Å². The second-order valence-corrected chi connectivity index (χ2v) is 7.03. The first-order valence-corrected chi connectivity index (χ1v) is 8.96. The van der Waals surface area contributed by atoms with E-state index in [1.165, 1.54) is 0 Å². The Labute approximate surface area is 148 Å². The molecule has 1 aliphatic rings. The van der Waals surface area contributed by atoms with Gasteiger partial charge in [-0.15, -0.1) is 0 Å². The van der Waals surface area contributed by atoms with Crippen molar-refractivity contribution >= 4 is 16.9 Å². The van der Waals surface area contributed by atoms with Gasteiger partial charge in [-0.1, -0.05) is 25.1 Å². The maximum atomic E-state index is 12.9. The van der Waals surface area contributed by atoms with E-state index in [2.05, 4.69) is 34.7 Å². The number of rotatable bonds is 2. The number of para-hydroxylation sites is 1. The minimum atomic E-state index is 0.117. The second kappa shape index (κ2) is 6.36. The highest BCUT2D eigenvalue weighted by Crippen LogP contribution is 2.26. The topological polar surface area (TPSA) is 38.1 Å². The first-order chi connectivity index (χ1) is 12.1. The molecule has 2 aromatic heterocycles. The lowest BCUT2D eigenvalue weighted by Gasteiger charge is -2.30. The normalized spacial score (nSPS) is 15.7. The predicted molar refractivity (Wildman–Crippen MR) is 100 cm³/mol. The summed E-state index contributed by atoms with van der Waals surface area (Å²) in [7, 11) is 0. The predicted octanol–water partition coefficient (Wildman–Crippen LogP) is 4.21. The molecule has 3 heterocycles. The molecule has 0 spiro atoms. The summed E-state index contributed by atoms with van der Waals surface area (Å²) in [4.78, 5) is 19.5.